The van der Waals surface area contributed by atoms with Crippen molar-refractivity contribution in [2.45, 2.75) is 0 Å². The van der Waals surface area contributed by atoms with Crippen LogP contribution >= 0.6 is 11.8 Å². The first-order chi connectivity index (χ1) is 4.20. The van der Waals surface area contributed by atoms with Crippen molar-refractivity contribution in [1.82, 2.24) is 9.74 Å². The molecule has 0 aliphatic carbocycles. The molecule has 0 saturated carbocycles. The predicted molar refractivity (Wildman–Crippen MR) is 30.6 cm³/mol. The molecule has 0 aromatic heterocycles. The molecular weight excluding hydrogens is 144 g/mol. The summed E-state index contributed by atoms with van der Waals surface area (Å²) < 4.78 is 0.874. The summed E-state index contributed by atoms with van der Waals surface area (Å²) in [4.78, 5) is 20.9. The Labute approximate surface area is 56.9 Å². The van der Waals surface area contributed by atoms with Crippen LogP contribution in [0.5, 0.6) is 0 Å². The van der Waals surface area contributed by atoms with Gasteiger partial charge in [0.2, 0.25) is 5.91 Å². The van der Waals surface area contributed by atoms with Crippen LogP contribution in [0.4, 0.5) is 0 Å². The Morgan fingerprint density at radius 3 is 2.67 bits per heavy atom. The average molecular weight is 149 g/mol. The Hall–Kier alpha value is -0.770. The fourth-order valence-corrected chi connectivity index (χ4v) is 0.698. The Morgan fingerprint density at radius 1 is 1.56 bits per heavy atom. The molecule has 0 atom stereocenters. The summed E-state index contributed by atoms with van der Waals surface area (Å²) >= 11 is 5.28. The number of carbonyl (C=O) groups excluding carboxylic acids is 2. The molecule has 0 aromatic rings. The Kier molecular flexibility index (Phi) is 1.57. The van der Waals surface area contributed by atoms with Crippen molar-refractivity contribution >= 4 is 23.6 Å². The number of piperazine rings is 1. The van der Waals surface area contributed by atoms with Crippen molar-refractivity contribution in [2.24, 2.45) is 0 Å². The zero-order valence-corrected chi connectivity index (χ0v) is 5.31. The predicted octanol–water partition coefficient (Wildman–Crippen LogP) is -0.901. The van der Waals surface area contributed by atoms with E-state index in [1.807, 2.05) is 0 Å². The zero-order chi connectivity index (χ0) is 6.85. The normalized spacial score (nSPS) is 19.9. The molecule has 1 rings (SSSR count). The van der Waals surface area contributed by atoms with E-state index >= 15 is 0 Å². The highest BCUT2D eigenvalue weighted by Crippen LogP contribution is 1.97. The molecule has 1 aliphatic heterocycles. The molecule has 1 saturated heterocycles. The van der Waals surface area contributed by atoms with E-state index in [-0.39, 0.29) is 24.9 Å². The fraction of sp³-hybridized carbons (Fsp3) is 0.500. The molecule has 2 amide bonds. The highest BCUT2D eigenvalue weighted by molar-refractivity contribution is 6.23. The molecular formula is C4H5ClN2O2. The van der Waals surface area contributed by atoms with E-state index in [1.54, 1.807) is 0 Å². The molecule has 0 spiro atoms. The number of nitrogens with zero attached hydrogens (tertiary/aromatic N) is 1. The van der Waals surface area contributed by atoms with Gasteiger partial charge in [0, 0.05) is 11.8 Å². The molecule has 0 radical (unpaired) electrons. The van der Waals surface area contributed by atoms with E-state index in [4.69, 9.17) is 11.8 Å². The molecule has 50 valence electrons. The van der Waals surface area contributed by atoms with Gasteiger partial charge in [-0.25, -0.2) is 4.42 Å². The largest absolute Gasteiger partial charge is 0.345 e. The van der Waals surface area contributed by atoms with Crippen LogP contribution < -0.4 is 5.32 Å². The van der Waals surface area contributed by atoms with E-state index in [2.05, 4.69) is 5.32 Å². The molecule has 1 aliphatic rings. The highest BCUT2D eigenvalue weighted by Gasteiger charge is 2.20. The lowest BCUT2D eigenvalue weighted by atomic mass is 10.4. The van der Waals surface area contributed by atoms with Gasteiger partial charge < -0.3 is 5.32 Å². The number of hydrogen-bond donors (Lipinski definition) is 1. The molecule has 0 bridgehead atoms. The average Bonchev–Trinajstić information content (AvgIpc) is 1.80. The van der Waals surface area contributed by atoms with E-state index in [1.165, 1.54) is 0 Å². The summed E-state index contributed by atoms with van der Waals surface area (Å²) in [5.41, 5.74) is 0. The first-order valence-corrected chi connectivity index (χ1v) is 2.77. The number of hydrogen-bond acceptors (Lipinski definition) is 2. The molecule has 1 N–H and O–H groups in total. The summed E-state index contributed by atoms with van der Waals surface area (Å²) in [7, 11) is 0. The zero-order valence-electron chi connectivity index (χ0n) is 4.56. The maximum atomic E-state index is 10.5. The number of amides is 2. The third-order valence-corrected chi connectivity index (χ3v) is 1.30. The van der Waals surface area contributed by atoms with Gasteiger partial charge in [-0.3, -0.25) is 9.59 Å². The monoisotopic (exact) mass is 148 g/mol. The summed E-state index contributed by atoms with van der Waals surface area (Å²) in [5, 5.41) is 2.35. The van der Waals surface area contributed by atoms with Gasteiger partial charge in [0.05, 0.1) is 6.54 Å². The first-order valence-electron chi connectivity index (χ1n) is 2.43. The van der Waals surface area contributed by atoms with Gasteiger partial charge in [-0.05, 0) is 0 Å². The van der Waals surface area contributed by atoms with Gasteiger partial charge in [0.1, 0.15) is 6.54 Å². The van der Waals surface area contributed by atoms with Gasteiger partial charge in [0.15, 0.2) is 0 Å². The molecule has 0 unspecified atom stereocenters. The van der Waals surface area contributed by atoms with Crippen LogP contribution in [0.15, 0.2) is 0 Å². The van der Waals surface area contributed by atoms with Crippen LogP contribution in [0, 0.1) is 0 Å². The quantitative estimate of drug-likeness (QED) is 0.453. The number of halogens is 1. The van der Waals surface area contributed by atoms with Crippen LogP contribution in [0.25, 0.3) is 0 Å². The van der Waals surface area contributed by atoms with Crippen LogP contribution in [0.1, 0.15) is 0 Å². The van der Waals surface area contributed by atoms with Gasteiger partial charge in [-0.2, -0.15) is 0 Å². The minimum absolute atomic E-state index is 0.0162. The van der Waals surface area contributed by atoms with Gasteiger partial charge in [0.25, 0.3) is 5.91 Å². The minimum atomic E-state index is -0.267. The van der Waals surface area contributed by atoms with Crippen molar-refractivity contribution in [3.05, 3.63) is 0 Å². The molecule has 9 heavy (non-hydrogen) atoms. The fourth-order valence-electron chi connectivity index (χ4n) is 0.530. The molecule has 0 aromatic carbocycles. The lowest BCUT2D eigenvalue weighted by molar-refractivity contribution is -0.135. The van der Waals surface area contributed by atoms with E-state index in [0.29, 0.717) is 0 Å². The molecule has 1 heterocycles. The van der Waals surface area contributed by atoms with Gasteiger partial charge in [-0.1, -0.05) is 0 Å². The summed E-state index contributed by atoms with van der Waals surface area (Å²) in [6.45, 7) is -0.0251. The third kappa shape index (κ3) is 1.32. The SMILES string of the molecule is O=C1CN(Cl)C(=O)CN1. The molecule has 4 nitrogen and oxygen atoms in total. The second-order valence-corrected chi connectivity index (χ2v) is 2.10. The minimum Gasteiger partial charge on any atom is -0.345 e. The van der Waals surface area contributed by atoms with Crippen LogP contribution in [0.3, 0.4) is 0 Å². The van der Waals surface area contributed by atoms with E-state index in [9.17, 15) is 9.59 Å². The standard InChI is InChI=1S/C4H5ClN2O2/c5-7-2-3(8)6-1-4(7)9/h1-2H2,(H,6,8). The Balaban J connectivity index is 2.54. The number of nitrogens with one attached hydrogen (secondary N) is 1. The first kappa shape index (κ1) is 6.35. The maximum Gasteiger partial charge on any atom is 0.256 e. The van der Waals surface area contributed by atoms with Crippen molar-refractivity contribution in [2.75, 3.05) is 13.1 Å². The topological polar surface area (TPSA) is 49.4 Å². The summed E-state index contributed by atoms with van der Waals surface area (Å²) in [6.07, 6.45) is 0. The van der Waals surface area contributed by atoms with Crippen LogP contribution in [0.2, 0.25) is 0 Å². The van der Waals surface area contributed by atoms with Gasteiger partial charge in [-0.15, -0.1) is 0 Å². The van der Waals surface area contributed by atoms with Crippen molar-refractivity contribution < 1.29 is 9.59 Å². The summed E-state index contributed by atoms with van der Waals surface area (Å²) in [6, 6.07) is 0. The Bertz CT molecular complexity index is 159. The lowest BCUT2D eigenvalue weighted by Crippen LogP contribution is -2.47. The molecule has 1 fully saturated rings. The third-order valence-electron chi connectivity index (χ3n) is 0.990. The lowest BCUT2D eigenvalue weighted by Gasteiger charge is -2.18. The number of rotatable bonds is 0. The second kappa shape index (κ2) is 2.23. The highest BCUT2D eigenvalue weighted by atomic mass is 35.5. The van der Waals surface area contributed by atoms with Crippen LogP contribution in [-0.2, 0) is 9.59 Å². The Morgan fingerprint density at radius 2 is 2.22 bits per heavy atom. The van der Waals surface area contributed by atoms with E-state index in [0.717, 1.165) is 4.42 Å². The van der Waals surface area contributed by atoms with Gasteiger partial charge >= 0.3 is 0 Å². The van der Waals surface area contributed by atoms with Crippen molar-refractivity contribution in [3.63, 3.8) is 0 Å². The summed E-state index contributed by atoms with van der Waals surface area (Å²) in [5.74, 6) is -0.485. The van der Waals surface area contributed by atoms with Crippen molar-refractivity contribution in [1.29, 1.82) is 0 Å². The smallest absolute Gasteiger partial charge is 0.256 e. The van der Waals surface area contributed by atoms with Crippen molar-refractivity contribution in [3.8, 4) is 0 Å². The second-order valence-electron chi connectivity index (χ2n) is 1.69. The number of carbonyl (C=O) groups is 2. The molecule has 5 heteroatoms. The maximum absolute atomic E-state index is 10.5. The van der Waals surface area contributed by atoms with E-state index < -0.39 is 0 Å². The van der Waals surface area contributed by atoms with Crippen LogP contribution in [-0.4, -0.2) is 29.3 Å².